The number of carbonyl (C=O) groups excluding carboxylic acids is 1. The third-order valence-electron chi connectivity index (χ3n) is 1.86. The van der Waals surface area contributed by atoms with Crippen LogP contribution in [0.1, 0.15) is 52.4 Å². The van der Waals surface area contributed by atoms with Gasteiger partial charge in [0.25, 0.3) is 0 Å². The van der Waals surface area contributed by atoms with Crippen molar-refractivity contribution in [2.24, 2.45) is 0 Å². The Bertz CT molecular complexity index is 112. The van der Waals surface area contributed by atoms with Crippen molar-refractivity contribution in [1.82, 2.24) is 5.32 Å². The minimum atomic E-state index is 0.216. The molecule has 0 aliphatic carbocycles. The normalized spacial score (nSPS) is 9.83. The maximum Gasteiger partial charge on any atom is 0.219 e. The molecule has 12 heavy (non-hydrogen) atoms. The van der Waals surface area contributed by atoms with Crippen molar-refractivity contribution < 1.29 is 4.79 Å². The van der Waals surface area contributed by atoms with Crippen LogP contribution in [0.2, 0.25) is 0 Å². The van der Waals surface area contributed by atoms with E-state index in [0.29, 0.717) is 6.42 Å². The molecular formula is C10H21NO. The van der Waals surface area contributed by atoms with E-state index >= 15 is 0 Å². The van der Waals surface area contributed by atoms with Gasteiger partial charge in [0.2, 0.25) is 5.91 Å². The summed E-state index contributed by atoms with van der Waals surface area (Å²) in [6.07, 6.45) is 6.36. The van der Waals surface area contributed by atoms with Crippen LogP contribution in [0.15, 0.2) is 0 Å². The lowest BCUT2D eigenvalue weighted by molar-refractivity contribution is -0.121. The van der Waals surface area contributed by atoms with Crippen molar-refractivity contribution in [3.8, 4) is 0 Å². The Balaban J connectivity index is 3.08. The van der Waals surface area contributed by atoms with E-state index in [1.54, 1.807) is 0 Å². The zero-order valence-corrected chi connectivity index (χ0v) is 8.36. The van der Waals surface area contributed by atoms with E-state index in [1.807, 2.05) is 0 Å². The second-order valence-corrected chi connectivity index (χ2v) is 3.16. The fourth-order valence-corrected chi connectivity index (χ4v) is 1.03. The van der Waals surface area contributed by atoms with Crippen LogP contribution in [-0.4, -0.2) is 12.5 Å². The topological polar surface area (TPSA) is 29.1 Å². The third-order valence-corrected chi connectivity index (χ3v) is 1.86. The number of rotatable bonds is 7. The predicted octanol–water partition coefficient (Wildman–Crippen LogP) is 2.48. The molecule has 72 valence electrons. The Kier molecular flexibility index (Phi) is 8.19. The predicted molar refractivity (Wildman–Crippen MR) is 52.1 cm³/mol. The van der Waals surface area contributed by atoms with E-state index in [4.69, 9.17) is 0 Å². The van der Waals surface area contributed by atoms with Gasteiger partial charge in [-0.1, -0.05) is 33.1 Å². The standard InChI is InChI=1S/C10H21NO/c1-3-5-7-9-11-10(12)8-6-4-2/h3-9H2,1-2H3,(H,11,12). The number of hydrogen-bond donors (Lipinski definition) is 1. The van der Waals surface area contributed by atoms with Gasteiger partial charge in [-0.25, -0.2) is 0 Å². The first-order chi connectivity index (χ1) is 5.81. The first kappa shape index (κ1) is 11.5. The molecule has 0 aromatic rings. The second-order valence-electron chi connectivity index (χ2n) is 3.16. The Labute approximate surface area is 75.7 Å². The summed E-state index contributed by atoms with van der Waals surface area (Å²) in [5, 5.41) is 2.91. The van der Waals surface area contributed by atoms with Crippen LogP contribution >= 0.6 is 0 Å². The molecule has 1 N–H and O–H groups in total. The molecule has 0 saturated carbocycles. The number of carbonyl (C=O) groups is 1. The van der Waals surface area contributed by atoms with Crippen molar-refractivity contribution in [2.45, 2.75) is 52.4 Å². The molecule has 2 heteroatoms. The van der Waals surface area contributed by atoms with E-state index in [0.717, 1.165) is 25.8 Å². The van der Waals surface area contributed by atoms with E-state index in [9.17, 15) is 4.79 Å². The van der Waals surface area contributed by atoms with Crippen LogP contribution < -0.4 is 5.32 Å². The summed E-state index contributed by atoms with van der Waals surface area (Å²) >= 11 is 0. The van der Waals surface area contributed by atoms with Gasteiger partial charge in [0.05, 0.1) is 0 Å². The molecule has 0 rings (SSSR count). The maximum atomic E-state index is 11.1. The molecule has 0 saturated heterocycles. The zero-order chi connectivity index (χ0) is 9.23. The first-order valence-electron chi connectivity index (χ1n) is 5.08. The SMILES string of the molecule is CCCCCNC(=O)CCCC. The minimum Gasteiger partial charge on any atom is -0.356 e. The molecule has 0 aliphatic heterocycles. The fraction of sp³-hybridized carbons (Fsp3) is 0.900. The fourth-order valence-electron chi connectivity index (χ4n) is 1.03. The largest absolute Gasteiger partial charge is 0.356 e. The second kappa shape index (κ2) is 8.57. The molecule has 0 aromatic heterocycles. The van der Waals surface area contributed by atoms with E-state index in [1.165, 1.54) is 12.8 Å². The van der Waals surface area contributed by atoms with Gasteiger partial charge in [0.1, 0.15) is 0 Å². The quantitative estimate of drug-likeness (QED) is 0.586. The highest BCUT2D eigenvalue weighted by Crippen LogP contribution is 1.94. The molecule has 0 bridgehead atoms. The highest BCUT2D eigenvalue weighted by atomic mass is 16.1. The van der Waals surface area contributed by atoms with Gasteiger partial charge in [-0.2, -0.15) is 0 Å². The molecule has 0 spiro atoms. The summed E-state index contributed by atoms with van der Waals surface area (Å²) in [7, 11) is 0. The molecule has 0 aliphatic rings. The summed E-state index contributed by atoms with van der Waals surface area (Å²) in [4.78, 5) is 11.1. The first-order valence-corrected chi connectivity index (χ1v) is 5.08. The number of unbranched alkanes of at least 4 members (excludes halogenated alkanes) is 3. The highest BCUT2D eigenvalue weighted by Gasteiger charge is 1.97. The van der Waals surface area contributed by atoms with Crippen molar-refractivity contribution in [3.05, 3.63) is 0 Å². The van der Waals surface area contributed by atoms with Gasteiger partial charge in [0, 0.05) is 13.0 Å². The van der Waals surface area contributed by atoms with Gasteiger partial charge in [-0.15, -0.1) is 0 Å². The average molecular weight is 171 g/mol. The number of nitrogens with one attached hydrogen (secondary N) is 1. The van der Waals surface area contributed by atoms with Gasteiger partial charge < -0.3 is 5.32 Å². The van der Waals surface area contributed by atoms with Crippen LogP contribution in [0.3, 0.4) is 0 Å². The van der Waals surface area contributed by atoms with E-state index in [2.05, 4.69) is 19.2 Å². The molecule has 0 radical (unpaired) electrons. The zero-order valence-electron chi connectivity index (χ0n) is 8.36. The number of amides is 1. The third kappa shape index (κ3) is 7.58. The van der Waals surface area contributed by atoms with Gasteiger partial charge in [-0.05, 0) is 12.8 Å². The lowest BCUT2D eigenvalue weighted by Gasteiger charge is -2.02. The summed E-state index contributed by atoms with van der Waals surface area (Å²) in [6.45, 7) is 5.12. The van der Waals surface area contributed by atoms with Crippen molar-refractivity contribution in [3.63, 3.8) is 0 Å². The van der Waals surface area contributed by atoms with E-state index in [-0.39, 0.29) is 5.91 Å². The molecule has 1 amide bonds. The summed E-state index contributed by atoms with van der Waals surface area (Å²) in [6, 6.07) is 0. The molecule has 0 fully saturated rings. The molecule has 0 unspecified atom stereocenters. The van der Waals surface area contributed by atoms with Crippen LogP contribution in [0.5, 0.6) is 0 Å². The Morgan fingerprint density at radius 1 is 1.08 bits per heavy atom. The maximum absolute atomic E-state index is 11.1. The smallest absolute Gasteiger partial charge is 0.219 e. The van der Waals surface area contributed by atoms with Gasteiger partial charge in [-0.3, -0.25) is 4.79 Å². The molecule has 0 heterocycles. The van der Waals surface area contributed by atoms with Crippen molar-refractivity contribution in [1.29, 1.82) is 0 Å². The highest BCUT2D eigenvalue weighted by molar-refractivity contribution is 5.75. The molecule has 0 aromatic carbocycles. The van der Waals surface area contributed by atoms with E-state index < -0.39 is 0 Å². The average Bonchev–Trinajstić information content (AvgIpc) is 2.09. The Morgan fingerprint density at radius 2 is 1.75 bits per heavy atom. The molecular weight excluding hydrogens is 150 g/mol. The van der Waals surface area contributed by atoms with Gasteiger partial charge in [0.15, 0.2) is 0 Å². The van der Waals surface area contributed by atoms with Crippen LogP contribution in [-0.2, 0) is 4.79 Å². The lowest BCUT2D eigenvalue weighted by atomic mass is 10.2. The molecule has 0 atom stereocenters. The Hall–Kier alpha value is -0.530. The lowest BCUT2D eigenvalue weighted by Crippen LogP contribution is -2.23. The van der Waals surface area contributed by atoms with Crippen LogP contribution in [0.25, 0.3) is 0 Å². The molecule has 2 nitrogen and oxygen atoms in total. The van der Waals surface area contributed by atoms with Crippen molar-refractivity contribution in [2.75, 3.05) is 6.54 Å². The number of hydrogen-bond acceptors (Lipinski definition) is 1. The minimum absolute atomic E-state index is 0.216. The summed E-state index contributed by atoms with van der Waals surface area (Å²) in [5.74, 6) is 0.216. The monoisotopic (exact) mass is 171 g/mol. The summed E-state index contributed by atoms with van der Waals surface area (Å²) < 4.78 is 0. The van der Waals surface area contributed by atoms with Crippen LogP contribution in [0, 0.1) is 0 Å². The Morgan fingerprint density at radius 3 is 2.33 bits per heavy atom. The van der Waals surface area contributed by atoms with Crippen molar-refractivity contribution >= 4 is 5.91 Å². The summed E-state index contributed by atoms with van der Waals surface area (Å²) in [5.41, 5.74) is 0. The van der Waals surface area contributed by atoms with Gasteiger partial charge >= 0.3 is 0 Å². The van der Waals surface area contributed by atoms with Crippen LogP contribution in [0.4, 0.5) is 0 Å².